The fourth-order valence-corrected chi connectivity index (χ4v) is 5.26. The van der Waals surface area contributed by atoms with Gasteiger partial charge in [0.15, 0.2) is 0 Å². The van der Waals surface area contributed by atoms with E-state index in [0.717, 1.165) is 18.4 Å². The molecular weight excluding hydrogens is 300 g/mol. The number of aromatic nitrogens is 1. The second-order valence-electron chi connectivity index (χ2n) is 7.32. The number of benzene rings is 1. The van der Waals surface area contributed by atoms with Gasteiger partial charge in [0.1, 0.15) is 0 Å². The molecule has 0 spiro atoms. The highest BCUT2D eigenvalue weighted by Gasteiger charge is 2.48. The van der Waals surface area contributed by atoms with Gasteiger partial charge in [-0.3, -0.25) is 0 Å². The van der Waals surface area contributed by atoms with Gasteiger partial charge in [-0.25, -0.2) is 4.79 Å². The summed E-state index contributed by atoms with van der Waals surface area (Å²) in [4.78, 5) is 12.1. The number of carbonyl (C=O) groups is 1. The van der Waals surface area contributed by atoms with Crippen LogP contribution < -0.4 is 5.32 Å². The van der Waals surface area contributed by atoms with Crippen molar-refractivity contribution in [2.45, 2.75) is 31.8 Å². The Bertz CT molecular complexity index is 879. The van der Waals surface area contributed by atoms with E-state index in [-0.39, 0.29) is 5.97 Å². The maximum Gasteiger partial charge on any atom is 0.333 e. The van der Waals surface area contributed by atoms with E-state index in [9.17, 15) is 4.79 Å². The van der Waals surface area contributed by atoms with Crippen LogP contribution in [0.25, 0.3) is 10.9 Å². The van der Waals surface area contributed by atoms with Crippen molar-refractivity contribution in [2.75, 3.05) is 6.61 Å². The van der Waals surface area contributed by atoms with E-state index < -0.39 is 0 Å². The fraction of sp³-hybridized carbons (Fsp3) is 0.450. The minimum absolute atomic E-state index is 0.115. The SMILES string of the molecule is C/C=C1\C(=O)OC[C@H]2[C@@H]3Cc4c(n(C)c5ccccc45)[C@H](C[C@@H]12)N3. The smallest absolute Gasteiger partial charge is 0.333 e. The van der Waals surface area contributed by atoms with E-state index in [2.05, 4.69) is 41.2 Å². The highest BCUT2D eigenvalue weighted by Crippen LogP contribution is 2.47. The average Bonchev–Trinajstić information content (AvgIpc) is 2.88. The van der Waals surface area contributed by atoms with Gasteiger partial charge in [-0.05, 0) is 31.4 Å². The summed E-state index contributed by atoms with van der Waals surface area (Å²) in [6, 6.07) is 9.38. The number of aryl methyl sites for hydroxylation is 1. The molecule has 3 aliphatic rings. The van der Waals surface area contributed by atoms with Crippen LogP contribution >= 0.6 is 0 Å². The topological polar surface area (TPSA) is 43.3 Å². The van der Waals surface area contributed by atoms with E-state index >= 15 is 0 Å². The number of ether oxygens (including phenoxy) is 1. The Kier molecular flexibility index (Phi) is 2.95. The lowest BCUT2D eigenvalue weighted by atomic mass is 9.68. The first-order chi connectivity index (χ1) is 11.7. The molecule has 5 rings (SSSR count). The van der Waals surface area contributed by atoms with Gasteiger partial charge < -0.3 is 14.6 Å². The second-order valence-corrected chi connectivity index (χ2v) is 7.32. The van der Waals surface area contributed by atoms with Crippen LogP contribution in [0.15, 0.2) is 35.9 Å². The van der Waals surface area contributed by atoms with Crippen molar-refractivity contribution in [3.05, 3.63) is 47.2 Å². The van der Waals surface area contributed by atoms with Crippen LogP contribution in [-0.2, 0) is 23.0 Å². The third-order valence-electron chi connectivity index (χ3n) is 6.31. The van der Waals surface area contributed by atoms with Crippen LogP contribution in [0.2, 0.25) is 0 Å². The number of allylic oxidation sites excluding steroid dienone is 1. The highest BCUT2D eigenvalue weighted by atomic mass is 16.5. The van der Waals surface area contributed by atoms with E-state index in [1.54, 1.807) is 0 Å². The second kappa shape index (κ2) is 4.96. The summed E-state index contributed by atoms with van der Waals surface area (Å²) in [6.07, 6.45) is 3.96. The van der Waals surface area contributed by atoms with Gasteiger partial charge in [-0.15, -0.1) is 0 Å². The molecule has 0 amide bonds. The first-order valence-corrected chi connectivity index (χ1v) is 8.84. The molecule has 1 aromatic heterocycles. The van der Waals surface area contributed by atoms with E-state index in [0.29, 0.717) is 30.5 Å². The third-order valence-corrected chi connectivity index (χ3v) is 6.31. The van der Waals surface area contributed by atoms with Crippen molar-refractivity contribution in [1.29, 1.82) is 0 Å². The van der Waals surface area contributed by atoms with Gasteiger partial charge in [-0.2, -0.15) is 0 Å². The molecule has 4 heterocycles. The summed E-state index contributed by atoms with van der Waals surface area (Å²) in [5.74, 6) is 0.590. The van der Waals surface area contributed by atoms with Crippen molar-refractivity contribution in [3.63, 3.8) is 0 Å². The van der Waals surface area contributed by atoms with E-state index in [4.69, 9.17) is 4.74 Å². The maximum absolute atomic E-state index is 12.1. The molecule has 2 bridgehead atoms. The molecule has 4 atom stereocenters. The fourth-order valence-electron chi connectivity index (χ4n) is 5.26. The Labute approximate surface area is 141 Å². The molecule has 124 valence electrons. The largest absolute Gasteiger partial charge is 0.462 e. The first kappa shape index (κ1) is 14.3. The molecular formula is C20H22N2O2. The molecule has 0 saturated carbocycles. The number of para-hydroxylation sites is 1. The molecule has 1 aromatic carbocycles. The zero-order valence-electron chi connectivity index (χ0n) is 14.1. The Morgan fingerprint density at radius 3 is 3.00 bits per heavy atom. The molecule has 3 aliphatic heterocycles. The van der Waals surface area contributed by atoms with Crippen LogP contribution in [0.1, 0.15) is 30.6 Å². The highest BCUT2D eigenvalue weighted by molar-refractivity contribution is 5.90. The quantitative estimate of drug-likeness (QED) is 0.599. The number of hydrogen-bond acceptors (Lipinski definition) is 3. The molecule has 0 aliphatic carbocycles. The lowest BCUT2D eigenvalue weighted by molar-refractivity contribution is -0.147. The molecule has 0 radical (unpaired) electrons. The molecule has 2 fully saturated rings. The van der Waals surface area contributed by atoms with Crippen LogP contribution in [0.4, 0.5) is 0 Å². The van der Waals surface area contributed by atoms with Crippen molar-refractivity contribution >= 4 is 16.9 Å². The zero-order chi connectivity index (χ0) is 16.4. The normalized spacial score (nSPS) is 33.2. The molecule has 2 saturated heterocycles. The summed E-state index contributed by atoms with van der Waals surface area (Å²) in [6.45, 7) is 2.50. The van der Waals surface area contributed by atoms with Gasteiger partial charge in [-0.1, -0.05) is 24.3 Å². The van der Waals surface area contributed by atoms with E-state index in [1.165, 1.54) is 22.2 Å². The zero-order valence-corrected chi connectivity index (χ0v) is 14.1. The number of hydrogen-bond donors (Lipinski definition) is 1. The van der Waals surface area contributed by atoms with Gasteiger partial charge in [0.25, 0.3) is 0 Å². The lowest BCUT2D eigenvalue weighted by Crippen LogP contribution is -2.56. The molecule has 24 heavy (non-hydrogen) atoms. The standard InChI is InChI=1S/C20H22N2O2/c1-3-11-13-8-17-19-14(12-6-4-5-7-18(12)22(19)2)9-16(21-17)15(13)10-24-20(11)23/h3-7,13,15-17,21H,8-10H2,1-2H3/b11-3-/t13-,15+,16-,17-/m0/s1. The van der Waals surface area contributed by atoms with Crippen LogP contribution in [0.5, 0.6) is 0 Å². The molecule has 2 aromatic rings. The monoisotopic (exact) mass is 322 g/mol. The Morgan fingerprint density at radius 1 is 1.33 bits per heavy atom. The number of nitrogens with one attached hydrogen (secondary N) is 1. The summed E-state index contributed by atoms with van der Waals surface area (Å²) in [5.41, 5.74) is 5.07. The number of piperidine rings is 1. The van der Waals surface area contributed by atoms with Crippen molar-refractivity contribution in [3.8, 4) is 0 Å². The Morgan fingerprint density at radius 2 is 2.17 bits per heavy atom. The van der Waals surface area contributed by atoms with Crippen LogP contribution in [-0.4, -0.2) is 23.2 Å². The minimum atomic E-state index is -0.115. The van der Waals surface area contributed by atoms with Crippen molar-refractivity contribution in [1.82, 2.24) is 9.88 Å². The molecule has 1 N–H and O–H groups in total. The first-order valence-electron chi connectivity index (χ1n) is 8.84. The van der Waals surface area contributed by atoms with E-state index in [1.807, 2.05) is 13.0 Å². The lowest BCUT2D eigenvalue weighted by Gasteiger charge is -2.48. The Hall–Kier alpha value is -2.07. The maximum atomic E-state index is 12.1. The van der Waals surface area contributed by atoms with Gasteiger partial charge in [0.2, 0.25) is 0 Å². The average molecular weight is 322 g/mol. The summed E-state index contributed by atoms with van der Waals surface area (Å²) in [7, 11) is 2.17. The minimum Gasteiger partial charge on any atom is -0.462 e. The summed E-state index contributed by atoms with van der Waals surface area (Å²) < 4.78 is 7.81. The number of rotatable bonds is 0. The third kappa shape index (κ3) is 1.75. The van der Waals surface area contributed by atoms with Crippen LogP contribution in [0, 0.1) is 11.8 Å². The van der Waals surface area contributed by atoms with Crippen molar-refractivity contribution in [2.24, 2.45) is 18.9 Å². The van der Waals surface area contributed by atoms with Crippen molar-refractivity contribution < 1.29 is 9.53 Å². The predicted octanol–water partition coefficient (Wildman–Crippen LogP) is 2.87. The van der Waals surface area contributed by atoms with Gasteiger partial charge in [0.05, 0.1) is 6.61 Å². The Balaban J connectivity index is 1.65. The van der Waals surface area contributed by atoms with Gasteiger partial charge >= 0.3 is 5.97 Å². The number of fused-ring (bicyclic) bond motifs is 8. The van der Waals surface area contributed by atoms with Crippen LogP contribution in [0.3, 0.4) is 0 Å². The number of nitrogens with zero attached hydrogens (tertiary/aromatic N) is 1. The molecule has 4 nitrogen and oxygen atoms in total. The summed E-state index contributed by atoms with van der Waals surface area (Å²) in [5, 5.41) is 5.21. The number of esters is 1. The van der Waals surface area contributed by atoms with Gasteiger partial charge in [0, 0.05) is 53.1 Å². The number of cyclic esters (lactones) is 1. The number of carbonyl (C=O) groups excluding carboxylic acids is 1. The predicted molar refractivity (Wildman–Crippen MR) is 92.6 cm³/mol. The molecule has 0 unspecified atom stereocenters. The summed E-state index contributed by atoms with van der Waals surface area (Å²) >= 11 is 0. The molecule has 4 heteroatoms.